The van der Waals surface area contributed by atoms with Crippen molar-refractivity contribution < 1.29 is 27.1 Å². The number of ether oxygens (including phenoxy) is 1. The SMILES string of the molecule is Cc1ccc(F)c(C(=O)CCOCC(F)(F)F)c1. The molecule has 0 aliphatic carbocycles. The third-order valence-corrected chi connectivity index (χ3v) is 2.16. The van der Waals surface area contributed by atoms with E-state index in [1.54, 1.807) is 6.92 Å². The third-order valence-electron chi connectivity index (χ3n) is 2.16. The van der Waals surface area contributed by atoms with E-state index < -0.39 is 24.4 Å². The van der Waals surface area contributed by atoms with Crippen molar-refractivity contribution in [3.8, 4) is 0 Å². The van der Waals surface area contributed by atoms with Crippen LogP contribution in [0.4, 0.5) is 17.6 Å². The van der Waals surface area contributed by atoms with E-state index in [0.29, 0.717) is 5.56 Å². The lowest BCUT2D eigenvalue weighted by Gasteiger charge is -2.07. The zero-order chi connectivity index (χ0) is 13.8. The molecule has 0 saturated heterocycles. The monoisotopic (exact) mass is 264 g/mol. The first-order valence-electron chi connectivity index (χ1n) is 5.23. The summed E-state index contributed by atoms with van der Waals surface area (Å²) in [6, 6.07) is 4.02. The number of carbonyl (C=O) groups excluding carboxylic acids is 1. The van der Waals surface area contributed by atoms with Gasteiger partial charge >= 0.3 is 6.18 Å². The molecule has 0 aromatic heterocycles. The molecule has 0 radical (unpaired) electrons. The molecule has 0 aliphatic heterocycles. The number of benzene rings is 1. The molecular weight excluding hydrogens is 252 g/mol. The van der Waals surface area contributed by atoms with Gasteiger partial charge in [-0.15, -0.1) is 0 Å². The maximum Gasteiger partial charge on any atom is 0.411 e. The highest BCUT2D eigenvalue weighted by Crippen LogP contribution is 2.15. The Labute approximate surface area is 102 Å². The molecule has 1 rings (SSSR count). The van der Waals surface area contributed by atoms with Crippen molar-refractivity contribution in [2.24, 2.45) is 0 Å². The second-order valence-corrected chi connectivity index (χ2v) is 3.82. The summed E-state index contributed by atoms with van der Waals surface area (Å²) in [6.07, 6.45) is -4.70. The number of ketones is 1. The molecule has 0 saturated carbocycles. The molecule has 0 N–H and O–H groups in total. The van der Waals surface area contributed by atoms with E-state index in [9.17, 15) is 22.4 Å². The van der Waals surface area contributed by atoms with Crippen molar-refractivity contribution in [3.63, 3.8) is 0 Å². The average molecular weight is 264 g/mol. The fourth-order valence-electron chi connectivity index (χ4n) is 1.34. The lowest BCUT2D eigenvalue weighted by molar-refractivity contribution is -0.173. The third kappa shape index (κ3) is 4.83. The number of aryl methyl sites for hydroxylation is 1. The van der Waals surface area contributed by atoms with Crippen molar-refractivity contribution in [1.29, 1.82) is 0 Å². The van der Waals surface area contributed by atoms with Crippen LogP contribution in [-0.2, 0) is 4.74 Å². The Bertz CT molecular complexity index is 427. The molecule has 0 atom stereocenters. The van der Waals surface area contributed by atoms with Crippen molar-refractivity contribution in [1.82, 2.24) is 0 Å². The van der Waals surface area contributed by atoms with E-state index in [1.807, 2.05) is 0 Å². The lowest BCUT2D eigenvalue weighted by Crippen LogP contribution is -2.18. The minimum Gasteiger partial charge on any atom is -0.372 e. The summed E-state index contributed by atoms with van der Waals surface area (Å²) in [5.41, 5.74) is 0.585. The Morgan fingerprint density at radius 3 is 2.61 bits per heavy atom. The van der Waals surface area contributed by atoms with Crippen molar-refractivity contribution in [2.45, 2.75) is 19.5 Å². The molecule has 0 aliphatic rings. The summed E-state index contributed by atoms with van der Waals surface area (Å²) in [5, 5.41) is 0. The predicted molar refractivity (Wildman–Crippen MR) is 57.0 cm³/mol. The molecule has 2 nitrogen and oxygen atoms in total. The van der Waals surface area contributed by atoms with Crippen LogP contribution in [0.3, 0.4) is 0 Å². The molecule has 1 aromatic rings. The van der Waals surface area contributed by atoms with E-state index in [1.165, 1.54) is 12.1 Å². The number of Topliss-reactive ketones (excluding diaryl/α,β-unsaturated/α-hetero) is 1. The molecule has 100 valence electrons. The fraction of sp³-hybridized carbons (Fsp3) is 0.417. The second kappa shape index (κ2) is 5.95. The predicted octanol–water partition coefficient (Wildman–Crippen LogP) is 3.29. The standard InChI is InChI=1S/C12H12F4O2/c1-8-2-3-10(13)9(6-8)11(17)4-5-18-7-12(14,15)16/h2-3,6H,4-5,7H2,1H3. The van der Waals surface area contributed by atoms with Crippen LogP contribution in [0.5, 0.6) is 0 Å². The highest BCUT2D eigenvalue weighted by Gasteiger charge is 2.27. The van der Waals surface area contributed by atoms with Gasteiger partial charge in [-0.2, -0.15) is 13.2 Å². The van der Waals surface area contributed by atoms with Crippen molar-refractivity contribution in [3.05, 3.63) is 35.1 Å². The number of hydrogen-bond acceptors (Lipinski definition) is 2. The second-order valence-electron chi connectivity index (χ2n) is 3.82. The molecule has 0 unspecified atom stereocenters. The summed E-state index contributed by atoms with van der Waals surface area (Å²) >= 11 is 0. The normalized spacial score (nSPS) is 11.6. The van der Waals surface area contributed by atoms with Gasteiger partial charge in [0.2, 0.25) is 0 Å². The van der Waals surface area contributed by atoms with Crippen LogP contribution in [-0.4, -0.2) is 25.2 Å². The van der Waals surface area contributed by atoms with E-state index >= 15 is 0 Å². The summed E-state index contributed by atoms with van der Waals surface area (Å²) in [6.45, 7) is -0.0985. The Hall–Kier alpha value is -1.43. The molecule has 18 heavy (non-hydrogen) atoms. The van der Waals surface area contributed by atoms with Gasteiger partial charge in [-0.1, -0.05) is 11.6 Å². The summed E-state index contributed by atoms with van der Waals surface area (Å²) < 4.78 is 52.8. The first-order chi connectivity index (χ1) is 8.29. The first kappa shape index (κ1) is 14.6. The molecule has 0 heterocycles. The summed E-state index contributed by atoms with van der Waals surface area (Å²) in [7, 11) is 0. The summed E-state index contributed by atoms with van der Waals surface area (Å²) in [4.78, 5) is 11.5. The number of rotatable bonds is 5. The van der Waals surface area contributed by atoms with Crippen LogP contribution in [0.25, 0.3) is 0 Å². The van der Waals surface area contributed by atoms with Crippen LogP contribution < -0.4 is 0 Å². The van der Waals surface area contributed by atoms with E-state index in [0.717, 1.165) is 6.07 Å². The first-order valence-corrected chi connectivity index (χ1v) is 5.23. The van der Waals surface area contributed by atoms with E-state index in [-0.39, 0.29) is 18.6 Å². The number of carbonyl (C=O) groups is 1. The maximum absolute atomic E-state index is 13.3. The molecule has 0 amide bonds. The Morgan fingerprint density at radius 2 is 2.00 bits per heavy atom. The minimum absolute atomic E-state index is 0.120. The topological polar surface area (TPSA) is 26.3 Å². The molecule has 0 spiro atoms. The van der Waals surface area contributed by atoms with Gasteiger partial charge in [0.05, 0.1) is 12.2 Å². The van der Waals surface area contributed by atoms with Crippen LogP contribution in [0.1, 0.15) is 22.3 Å². The Kier molecular flexibility index (Phi) is 4.84. The highest BCUT2D eigenvalue weighted by atomic mass is 19.4. The van der Waals surface area contributed by atoms with Gasteiger partial charge in [-0.3, -0.25) is 4.79 Å². The number of alkyl halides is 3. The largest absolute Gasteiger partial charge is 0.411 e. The molecule has 0 bridgehead atoms. The lowest BCUT2D eigenvalue weighted by atomic mass is 10.1. The molecular formula is C12H12F4O2. The van der Waals surface area contributed by atoms with Gasteiger partial charge in [0, 0.05) is 6.42 Å². The highest BCUT2D eigenvalue weighted by molar-refractivity contribution is 5.96. The fourth-order valence-corrected chi connectivity index (χ4v) is 1.34. The van der Waals surface area contributed by atoms with Crippen LogP contribution in [0, 0.1) is 12.7 Å². The average Bonchev–Trinajstić information content (AvgIpc) is 2.26. The molecule has 1 aromatic carbocycles. The van der Waals surface area contributed by atoms with Gasteiger partial charge in [0.15, 0.2) is 5.78 Å². The van der Waals surface area contributed by atoms with E-state index in [2.05, 4.69) is 4.74 Å². The maximum atomic E-state index is 13.3. The van der Waals surface area contributed by atoms with E-state index in [4.69, 9.17) is 0 Å². The smallest absolute Gasteiger partial charge is 0.372 e. The zero-order valence-corrected chi connectivity index (χ0v) is 9.68. The van der Waals surface area contributed by atoms with Gasteiger partial charge in [0.25, 0.3) is 0 Å². The Balaban J connectivity index is 2.48. The number of halogens is 4. The van der Waals surface area contributed by atoms with Gasteiger partial charge < -0.3 is 4.74 Å². The quantitative estimate of drug-likeness (QED) is 0.463. The molecule has 0 fully saturated rings. The van der Waals surface area contributed by atoms with Crippen molar-refractivity contribution in [2.75, 3.05) is 13.2 Å². The van der Waals surface area contributed by atoms with Gasteiger partial charge in [0.1, 0.15) is 12.4 Å². The molecule has 6 heteroatoms. The van der Waals surface area contributed by atoms with Gasteiger partial charge in [-0.05, 0) is 19.1 Å². The Morgan fingerprint density at radius 1 is 1.33 bits per heavy atom. The minimum atomic E-state index is -4.42. The number of hydrogen-bond donors (Lipinski definition) is 0. The van der Waals surface area contributed by atoms with Crippen LogP contribution in [0.2, 0.25) is 0 Å². The van der Waals surface area contributed by atoms with Crippen molar-refractivity contribution >= 4 is 5.78 Å². The van der Waals surface area contributed by atoms with Crippen LogP contribution in [0.15, 0.2) is 18.2 Å². The van der Waals surface area contributed by atoms with Crippen LogP contribution >= 0.6 is 0 Å². The summed E-state index contributed by atoms with van der Waals surface area (Å²) in [5.74, 6) is -1.25. The van der Waals surface area contributed by atoms with Gasteiger partial charge in [-0.25, -0.2) is 4.39 Å². The zero-order valence-electron chi connectivity index (χ0n) is 9.68.